The van der Waals surface area contributed by atoms with Gasteiger partial charge in [0.15, 0.2) is 0 Å². The Balaban J connectivity index is 1.63. The monoisotopic (exact) mass is 545 g/mol. The highest BCUT2D eigenvalue weighted by atomic mass is 79.9. The number of aryl methyl sites for hydroxylation is 1. The van der Waals surface area contributed by atoms with Crippen molar-refractivity contribution in [3.05, 3.63) is 98.4 Å². The first-order chi connectivity index (χ1) is 15.5. The molecule has 0 atom stereocenters. The smallest absolute Gasteiger partial charge is 0.143 e. The maximum absolute atomic E-state index is 6.22. The van der Waals surface area contributed by atoms with E-state index in [0.717, 1.165) is 36.8 Å². The van der Waals surface area contributed by atoms with E-state index < -0.39 is 0 Å². The predicted molar refractivity (Wildman–Crippen MR) is 136 cm³/mol. The van der Waals surface area contributed by atoms with Crippen molar-refractivity contribution in [2.24, 2.45) is 12.2 Å². The van der Waals surface area contributed by atoms with Crippen molar-refractivity contribution in [1.82, 2.24) is 9.78 Å². The molecule has 4 aromatic rings. The van der Waals surface area contributed by atoms with Crippen LogP contribution >= 0.6 is 50.9 Å². The van der Waals surface area contributed by atoms with Crippen LogP contribution in [0.1, 0.15) is 11.1 Å². The first-order valence-electron chi connectivity index (χ1n) is 9.66. The normalized spacial score (nSPS) is 11.2. The average molecular weight is 547 g/mol. The zero-order valence-electron chi connectivity index (χ0n) is 17.0. The lowest BCUT2D eigenvalue weighted by Crippen LogP contribution is -1.94. The van der Waals surface area contributed by atoms with Crippen LogP contribution in [0.25, 0.3) is 11.3 Å². The molecule has 4 nitrogen and oxygen atoms in total. The van der Waals surface area contributed by atoms with Gasteiger partial charge in [0.05, 0.1) is 11.8 Å². The minimum Gasteiger partial charge on any atom is -0.391 e. The second-order valence-corrected chi connectivity index (χ2v) is 9.68. The van der Waals surface area contributed by atoms with E-state index in [1.807, 2.05) is 60.3 Å². The van der Waals surface area contributed by atoms with Crippen molar-refractivity contribution >= 4 is 57.1 Å². The Hall–Kier alpha value is -2.25. The largest absolute Gasteiger partial charge is 0.391 e. The maximum Gasteiger partial charge on any atom is 0.143 e. The molecule has 0 saturated heterocycles. The molecule has 0 bridgehead atoms. The third kappa shape index (κ3) is 5.56. The van der Waals surface area contributed by atoms with Crippen molar-refractivity contribution < 1.29 is 4.84 Å². The summed E-state index contributed by atoms with van der Waals surface area (Å²) in [5.74, 6) is 0. The Morgan fingerprint density at radius 1 is 1.06 bits per heavy atom. The fourth-order valence-electron chi connectivity index (χ4n) is 3.02. The first kappa shape index (κ1) is 22.9. The Labute approximate surface area is 209 Å². The first-order valence-corrected chi connectivity index (χ1v) is 12.0. The van der Waals surface area contributed by atoms with Gasteiger partial charge in [0, 0.05) is 37.6 Å². The molecule has 162 valence electrons. The van der Waals surface area contributed by atoms with Crippen LogP contribution in [0.5, 0.6) is 0 Å². The number of aromatic nitrogens is 2. The summed E-state index contributed by atoms with van der Waals surface area (Å²) in [5, 5.41) is 11.1. The van der Waals surface area contributed by atoms with Crippen LogP contribution in [0.3, 0.4) is 0 Å². The van der Waals surface area contributed by atoms with E-state index in [1.165, 1.54) is 0 Å². The van der Waals surface area contributed by atoms with Crippen molar-refractivity contribution in [1.29, 1.82) is 0 Å². The van der Waals surface area contributed by atoms with Gasteiger partial charge in [0.2, 0.25) is 0 Å². The molecule has 0 aliphatic rings. The topological polar surface area (TPSA) is 39.4 Å². The molecule has 0 radical (unpaired) electrons. The summed E-state index contributed by atoms with van der Waals surface area (Å²) in [7, 11) is 1.93. The standard InChI is InChI=1S/C24H18BrCl2N3OS/c1-30-24(32-20-11-8-18(25)9-12-20)21(23(29-30)16-5-3-2-4-6-16)14-28-31-15-17-7-10-19(26)13-22(17)27/h2-14H,15H2,1H3. The SMILES string of the molecule is Cn1nc(-c2ccccc2)c(C=NOCc2ccc(Cl)cc2Cl)c1Sc1ccc(Br)cc1. The van der Waals surface area contributed by atoms with Crippen LogP contribution in [0, 0.1) is 0 Å². The number of rotatable bonds is 7. The van der Waals surface area contributed by atoms with Crippen LogP contribution in [-0.2, 0) is 18.5 Å². The maximum atomic E-state index is 6.22. The molecule has 32 heavy (non-hydrogen) atoms. The van der Waals surface area contributed by atoms with E-state index in [0.29, 0.717) is 10.0 Å². The molecular weight excluding hydrogens is 529 g/mol. The number of nitrogens with zero attached hydrogens (tertiary/aromatic N) is 3. The van der Waals surface area contributed by atoms with E-state index in [-0.39, 0.29) is 6.61 Å². The van der Waals surface area contributed by atoms with Gasteiger partial charge in [-0.3, -0.25) is 4.68 Å². The van der Waals surface area contributed by atoms with Gasteiger partial charge < -0.3 is 4.84 Å². The highest BCUT2D eigenvalue weighted by molar-refractivity contribution is 9.10. The van der Waals surface area contributed by atoms with Gasteiger partial charge in [-0.2, -0.15) is 5.10 Å². The lowest BCUT2D eigenvalue weighted by atomic mass is 10.1. The van der Waals surface area contributed by atoms with E-state index in [1.54, 1.807) is 30.1 Å². The summed E-state index contributed by atoms with van der Waals surface area (Å²) in [5.41, 5.74) is 3.54. The third-order valence-electron chi connectivity index (χ3n) is 4.60. The van der Waals surface area contributed by atoms with Crippen LogP contribution in [0.2, 0.25) is 10.0 Å². The molecule has 0 N–H and O–H groups in total. The van der Waals surface area contributed by atoms with E-state index in [4.69, 9.17) is 33.1 Å². The van der Waals surface area contributed by atoms with Gasteiger partial charge >= 0.3 is 0 Å². The Morgan fingerprint density at radius 2 is 1.81 bits per heavy atom. The summed E-state index contributed by atoms with van der Waals surface area (Å²) in [6.45, 7) is 0.239. The molecule has 0 amide bonds. The van der Waals surface area contributed by atoms with Gasteiger partial charge in [-0.05, 0) is 36.4 Å². The molecule has 0 unspecified atom stereocenters. The fourth-order valence-corrected chi connectivity index (χ4v) is 4.68. The number of hydrogen-bond acceptors (Lipinski definition) is 4. The quantitative estimate of drug-likeness (QED) is 0.175. The lowest BCUT2D eigenvalue weighted by Gasteiger charge is -2.05. The molecule has 0 fully saturated rings. The minimum atomic E-state index is 0.239. The van der Waals surface area contributed by atoms with Crippen molar-refractivity contribution in [2.45, 2.75) is 16.5 Å². The molecule has 1 heterocycles. The van der Waals surface area contributed by atoms with Gasteiger partial charge in [-0.25, -0.2) is 0 Å². The Morgan fingerprint density at radius 3 is 2.53 bits per heavy atom. The van der Waals surface area contributed by atoms with Crippen molar-refractivity contribution in [2.75, 3.05) is 0 Å². The van der Waals surface area contributed by atoms with Crippen LogP contribution in [0.4, 0.5) is 0 Å². The summed E-state index contributed by atoms with van der Waals surface area (Å²) in [6, 6.07) is 23.5. The zero-order chi connectivity index (χ0) is 22.5. The second-order valence-electron chi connectivity index (χ2n) is 6.86. The summed E-state index contributed by atoms with van der Waals surface area (Å²) in [6.07, 6.45) is 1.71. The van der Waals surface area contributed by atoms with Crippen LogP contribution < -0.4 is 0 Å². The molecule has 0 spiro atoms. The zero-order valence-corrected chi connectivity index (χ0v) is 20.9. The molecule has 1 aromatic heterocycles. The number of halogens is 3. The molecule has 8 heteroatoms. The number of benzene rings is 3. The molecule has 0 aliphatic carbocycles. The van der Waals surface area contributed by atoms with Gasteiger partial charge in [0.1, 0.15) is 17.3 Å². The summed E-state index contributed by atoms with van der Waals surface area (Å²) < 4.78 is 2.90. The highest BCUT2D eigenvalue weighted by Gasteiger charge is 2.17. The van der Waals surface area contributed by atoms with E-state index in [2.05, 4.69) is 33.2 Å². The van der Waals surface area contributed by atoms with Gasteiger partial charge in [-0.1, -0.05) is 92.4 Å². The molecule has 0 saturated carbocycles. The van der Waals surface area contributed by atoms with Gasteiger partial charge in [0.25, 0.3) is 0 Å². The van der Waals surface area contributed by atoms with E-state index in [9.17, 15) is 0 Å². The average Bonchev–Trinajstić information content (AvgIpc) is 3.10. The summed E-state index contributed by atoms with van der Waals surface area (Å²) in [4.78, 5) is 6.65. The molecule has 3 aromatic carbocycles. The van der Waals surface area contributed by atoms with Crippen LogP contribution in [-0.4, -0.2) is 16.0 Å². The number of oxime groups is 1. The minimum absolute atomic E-state index is 0.239. The lowest BCUT2D eigenvalue weighted by molar-refractivity contribution is 0.132. The van der Waals surface area contributed by atoms with Crippen LogP contribution in [0.15, 0.2) is 92.3 Å². The predicted octanol–water partition coefficient (Wildman–Crippen LogP) is 7.86. The molecule has 4 rings (SSSR count). The second kappa shape index (κ2) is 10.6. The molecule has 0 aliphatic heterocycles. The molecular formula is C24H18BrCl2N3OS. The fraction of sp³-hybridized carbons (Fsp3) is 0.0833. The highest BCUT2D eigenvalue weighted by Crippen LogP contribution is 2.35. The van der Waals surface area contributed by atoms with E-state index >= 15 is 0 Å². The third-order valence-corrected chi connectivity index (χ3v) is 6.90. The van der Waals surface area contributed by atoms with Gasteiger partial charge in [-0.15, -0.1) is 0 Å². The Bertz CT molecular complexity index is 1240. The number of hydrogen-bond donors (Lipinski definition) is 0. The van der Waals surface area contributed by atoms with Crippen molar-refractivity contribution in [3.63, 3.8) is 0 Å². The Kier molecular flexibility index (Phi) is 7.58. The summed E-state index contributed by atoms with van der Waals surface area (Å²) >= 11 is 17.3. The van der Waals surface area contributed by atoms with Crippen molar-refractivity contribution in [3.8, 4) is 11.3 Å².